The van der Waals surface area contributed by atoms with Crippen LogP contribution in [0.2, 0.25) is 0 Å². The van der Waals surface area contributed by atoms with Crippen molar-refractivity contribution in [1.29, 1.82) is 0 Å². The fourth-order valence-electron chi connectivity index (χ4n) is 6.01. The number of alkyl carbamates (subject to hydrolysis) is 1. The van der Waals surface area contributed by atoms with Crippen LogP contribution < -0.4 is 10.6 Å². The summed E-state index contributed by atoms with van der Waals surface area (Å²) < 4.78 is 5.62. The number of aliphatic carboxylic acids is 1. The minimum Gasteiger partial charge on any atom is -0.479 e. The molecule has 2 amide bonds. The lowest BCUT2D eigenvalue weighted by Gasteiger charge is -2.27. The Morgan fingerprint density at radius 1 is 0.976 bits per heavy atom. The number of carboxylic acid groups (broad SMARTS) is 1. The Morgan fingerprint density at radius 2 is 1.61 bits per heavy atom. The third kappa shape index (κ3) is 6.43. The maximum atomic E-state index is 13.0. The molecule has 1 aliphatic carbocycles. The lowest BCUT2D eigenvalue weighted by atomic mass is 9.96. The number of benzene rings is 3. The highest BCUT2D eigenvalue weighted by Gasteiger charge is 2.46. The predicted octanol–water partition coefficient (Wildman–Crippen LogP) is 4.79. The molecule has 5 rings (SSSR count). The Morgan fingerprint density at radius 3 is 2.24 bits per heavy atom. The molecule has 3 aromatic rings. The zero-order chi connectivity index (χ0) is 28.8. The number of hydrogen-bond acceptors (Lipinski definition) is 5. The van der Waals surface area contributed by atoms with E-state index in [1.54, 1.807) is 0 Å². The zero-order valence-corrected chi connectivity index (χ0v) is 23.3. The third-order valence-corrected chi connectivity index (χ3v) is 8.32. The number of carboxylic acids is 1. The molecule has 2 atom stereocenters. The molecule has 41 heavy (non-hydrogen) atoms. The number of fused-ring (bicyclic) bond motifs is 3. The topological polar surface area (TPSA) is 108 Å². The summed E-state index contributed by atoms with van der Waals surface area (Å²) in [5, 5.41) is 15.6. The van der Waals surface area contributed by atoms with Crippen LogP contribution in [0.3, 0.4) is 0 Å². The highest BCUT2D eigenvalue weighted by molar-refractivity contribution is 5.87. The van der Waals surface area contributed by atoms with Gasteiger partial charge in [0, 0.05) is 38.5 Å². The van der Waals surface area contributed by atoms with E-state index in [0.717, 1.165) is 16.7 Å². The van der Waals surface area contributed by atoms with Gasteiger partial charge in [-0.3, -0.25) is 9.69 Å². The molecule has 1 fully saturated rings. The van der Waals surface area contributed by atoms with E-state index >= 15 is 0 Å². The Bertz CT molecular complexity index is 1350. The number of hydrogen-bond donors (Lipinski definition) is 3. The number of amides is 2. The van der Waals surface area contributed by atoms with Crippen molar-refractivity contribution in [3.63, 3.8) is 0 Å². The summed E-state index contributed by atoms with van der Waals surface area (Å²) >= 11 is 0. The van der Waals surface area contributed by atoms with Crippen LogP contribution in [0.4, 0.5) is 4.79 Å². The molecule has 0 bridgehead atoms. The van der Waals surface area contributed by atoms with Gasteiger partial charge in [0.1, 0.15) is 6.61 Å². The van der Waals surface area contributed by atoms with Gasteiger partial charge < -0.3 is 20.5 Å². The molecule has 8 nitrogen and oxygen atoms in total. The van der Waals surface area contributed by atoms with Crippen LogP contribution in [-0.2, 0) is 20.9 Å². The van der Waals surface area contributed by atoms with E-state index < -0.39 is 17.6 Å². The number of carbonyl (C=O) groups is 3. The van der Waals surface area contributed by atoms with E-state index in [4.69, 9.17) is 4.74 Å². The molecule has 0 aromatic heterocycles. The molecule has 3 aromatic carbocycles. The van der Waals surface area contributed by atoms with Crippen LogP contribution in [0, 0.1) is 5.92 Å². The predicted molar refractivity (Wildman–Crippen MR) is 156 cm³/mol. The van der Waals surface area contributed by atoms with Gasteiger partial charge in [0.2, 0.25) is 5.91 Å². The summed E-state index contributed by atoms with van der Waals surface area (Å²) in [6, 6.07) is 26.2. The highest BCUT2D eigenvalue weighted by atomic mass is 16.5. The summed E-state index contributed by atoms with van der Waals surface area (Å²) in [6.07, 6.45) is 0.584. The first-order chi connectivity index (χ1) is 19.9. The smallest absolute Gasteiger partial charge is 0.407 e. The summed E-state index contributed by atoms with van der Waals surface area (Å²) in [4.78, 5) is 39.9. The number of rotatable bonds is 11. The average Bonchev–Trinajstić information content (AvgIpc) is 3.54. The molecule has 3 N–H and O–H groups in total. The van der Waals surface area contributed by atoms with Gasteiger partial charge in [0.25, 0.3) is 0 Å². The van der Waals surface area contributed by atoms with Crippen LogP contribution in [-0.4, -0.2) is 59.8 Å². The number of carbonyl (C=O) groups excluding carboxylic acids is 2. The van der Waals surface area contributed by atoms with Crippen molar-refractivity contribution in [1.82, 2.24) is 15.5 Å². The van der Waals surface area contributed by atoms with E-state index in [1.807, 2.05) is 61.5 Å². The van der Waals surface area contributed by atoms with Gasteiger partial charge in [-0.05, 0) is 40.2 Å². The van der Waals surface area contributed by atoms with Crippen molar-refractivity contribution in [2.24, 2.45) is 5.92 Å². The van der Waals surface area contributed by atoms with Crippen LogP contribution in [0.15, 0.2) is 78.9 Å². The first-order valence-electron chi connectivity index (χ1n) is 14.3. The minimum atomic E-state index is -1.32. The molecule has 0 saturated carbocycles. The summed E-state index contributed by atoms with van der Waals surface area (Å²) in [5.41, 5.74) is 4.41. The molecule has 0 spiro atoms. The Balaban J connectivity index is 1.11. The van der Waals surface area contributed by atoms with Gasteiger partial charge in [-0.2, -0.15) is 0 Å². The van der Waals surface area contributed by atoms with E-state index in [1.165, 1.54) is 11.1 Å². The molecular formula is C33H37N3O5. The zero-order valence-electron chi connectivity index (χ0n) is 23.3. The second-order valence-corrected chi connectivity index (χ2v) is 11.1. The molecular weight excluding hydrogens is 518 g/mol. The number of nitrogens with zero attached hydrogens (tertiary/aromatic N) is 1. The monoisotopic (exact) mass is 555 g/mol. The second kappa shape index (κ2) is 12.6. The normalized spacial score (nSPS) is 18.8. The molecule has 2 unspecified atom stereocenters. The van der Waals surface area contributed by atoms with Crippen molar-refractivity contribution < 1.29 is 24.2 Å². The third-order valence-electron chi connectivity index (χ3n) is 8.32. The molecule has 1 aliphatic heterocycles. The first kappa shape index (κ1) is 28.4. The van der Waals surface area contributed by atoms with Crippen molar-refractivity contribution in [3.05, 3.63) is 95.6 Å². The number of nitrogens with one attached hydrogen (secondary N) is 2. The fourth-order valence-corrected chi connectivity index (χ4v) is 6.01. The van der Waals surface area contributed by atoms with Crippen LogP contribution in [0.1, 0.15) is 48.8 Å². The summed E-state index contributed by atoms with van der Waals surface area (Å²) in [7, 11) is 0. The minimum absolute atomic E-state index is 0.0269. The molecule has 2 aliphatic rings. The largest absolute Gasteiger partial charge is 0.479 e. The van der Waals surface area contributed by atoms with Gasteiger partial charge >= 0.3 is 12.1 Å². The molecule has 1 saturated heterocycles. The van der Waals surface area contributed by atoms with E-state index in [0.29, 0.717) is 25.9 Å². The number of likely N-dealkylation sites (tertiary alicyclic amines) is 1. The van der Waals surface area contributed by atoms with Crippen molar-refractivity contribution in [3.8, 4) is 11.1 Å². The van der Waals surface area contributed by atoms with Gasteiger partial charge in [-0.1, -0.05) is 92.2 Å². The molecule has 0 radical (unpaired) electrons. The van der Waals surface area contributed by atoms with Crippen molar-refractivity contribution in [2.45, 2.75) is 44.2 Å². The summed E-state index contributed by atoms with van der Waals surface area (Å²) in [5.74, 6) is -1.52. The van der Waals surface area contributed by atoms with Crippen LogP contribution >= 0.6 is 0 Å². The van der Waals surface area contributed by atoms with E-state index in [2.05, 4.69) is 39.8 Å². The second-order valence-electron chi connectivity index (χ2n) is 11.1. The molecule has 8 heteroatoms. The highest BCUT2D eigenvalue weighted by Crippen LogP contribution is 2.44. The Labute approximate surface area is 240 Å². The maximum Gasteiger partial charge on any atom is 0.407 e. The molecule has 1 heterocycles. The van der Waals surface area contributed by atoms with E-state index in [-0.39, 0.29) is 43.9 Å². The van der Waals surface area contributed by atoms with Crippen LogP contribution in [0.5, 0.6) is 0 Å². The lowest BCUT2D eigenvalue weighted by molar-refractivity contribution is -0.147. The van der Waals surface area contributed by atoms with Gasteiger partial charge in [0.05, 0.1) is 0 Å². The van der Waals surface area contributed by atoms with Gasteiger partial charge in [-0.25, -0.2) is 9.59 Å². The fraction of sp³-hybridized carbons (Fsp3) is 0.364. The maximum absolute atomic E-state index is 13.0. The standard InChI is InChI=1S/C33H37N3O5/c1-2-23(18-30(37)35-33(31(38)39)16-17-36(22-33)20-24-10-4-3-5-11-24)19-34-32(40)41-21-29-27-14-8-6-12-25(27)26-13-7-9-15-28(26)29/h3-15,23,29H,2,16-22H2,1H3,(H,34,40)(H,35,37)(H,38,39). The quantitative estimate of drug-likeness (QED) is 0.314. The van der Waals surface area contributed by atoms with Gasteiger partial charge in [0.15, 0.2) is 5.54 Å². The Kier molecular flexibility index (Phi) is 8.69. The SMILES string of the molecule is CCC(CNC(=O)OCC1c2ccccc2-c2ccccc21)CC(=O)NC1(C(=O)O)CCN(Cc2ccccc2)C1. The molecule has 214 valence electrons. The van der Waals surface area contributed by atoms with Crippen molar-refractivity contribution in [2.75, 3.05) is 26.2 Å². The first-order valence-corrected chi connectivity index (χ1v) is 14.3. The number of ether oxygens (including phenoxy) is 1. The Hall–Kier alpha value is -4.17. The summed E-state index contributed by atoms with van der Waals surface area (Å²) in [6.45, 7) is 3.90. The van der Waals surface area contributed by atoms with Gasteiger partial charge in [-0.15, -0.1) is 0 Å². The van der Waals surface area contributed by atoms with Crippen LogP contribution in [0.25, 0.3) is 11.1 Å². The van der Waals surface area contributed by atoms with Crippen molar-refractivity contribution >= 4 is 18.0 Å². The van der Waals surface area contributed by atoms with E-state index in [9.17, 15) is 19.5 Å². The lowest BCUT2D eigenvalue weighted by Crippen LogP contribution is -2.56. The average molecular weight is 556 g/mol.